The highest BCUT2D eigenvalue weighted by Crippen LogP contribution is 2.33. The summed E-state index contributed by atoms with van der Waals surface area (Å²) in [5.41, 5.74) is 11.7. The molecule has 226 valence electrons. The van der Waals surface area contributed by atoms with Crippen molar-refractivity contribution in [3.05, 3.63) is 77.3 Å². The van der Waals surface area contributed by atoms with Crippen molar-refractivity contribution in [3.63, 3.8) is 0 Å². The summed E-state index contributed by atoms with van der Waals surface area (Å²) < 4.78 is 13.3. The summed E-state index contributed by atoms with van der Waals surface area (Å²) >= 11 is 7.85. The predicted molar refractivity (Wildman–Crippen MR) is 174 cm³/mol. The Morgan fingerprint density at radius 3 is 2.31 bits per heavy atom. The van der Waals surface area contributed by atoms with Gasteiger partial charge in [-0.1, -0.05) is 49.7 Å². The monoisotopic (exact) mass is 613 g/mol. The number of hydrogen-bond donors (Lipinski definition) is 4. The molecule has 1 atom stereocenters. The molecule has 0 aliphatic rings. The van der Waals surface area contributed by atoms with Crippen LogP contribution in [0.15, 0.2) is 71.6 Å². The van der Waals surface area contributed by atoms with Crippen molar-refractivity contribution in [3.8, 4) is 5.75 Å². The molecule has 0 radical (unpaired) electrons. The lowest BCUT2D eigenvalue weighted by Gasteiger charge is -2.19. The SMILES string of the molecule is CC.COCNN(C=O)CC(C)N.COc1ccc(Cl)c(Nc2nc3ccccc3nc2NSc2cccc(C)c2)c1. The van der Waals surface area contributed by atoms with Gasteiger partial charge in [0.2, 0.25) is 6.41 Å². The van der Waals surface area contributed by atoms with Gasteiger partial charge in [-0.2, -0.15) is 0 Å². The molecular weight excluding hydrogens is 574 g/mol. The van der Waals surface area contributed by atoms with Gasteiger partial charge >= 0.3 is 0 Å². The van der Waals surface area contributed by atoms with Crippen LogP contribution in [0.5, 0.6) is 5.75 Å². The predicted octanol–water partition coefficient (Wildman–Crippen LogP) is 6.39. The van der Waals surface area contributed by atoms with Crippen LogP contribution in [0, 0.1) is 6.92 Å². The normalized spacial score (nSPS) is 10.9. The molecule has 1 heterocycles. The molecule has 42 heavy (non-hydrogen) atoms. The standard InChI is InChI=1S/C22H19ClN4OS.C6H15N3O2.C2H6/c1-14-6-5-7-16(12-14)29-27-22-21(24-18-8-3-4-9-19(18)25-22)26-20-13-15(28-2)10-11-17(20)23;1-6(7)3-9(5-10)8-4-11-2;1-2/h3-13H,1-2H3,(H,24,26)(H,25,27);5-6,8H,3-4,7H2,1-2H3;1-2H3. The molecule has 0 spiro atoms. The molecule has 1 unspecified atom stereocenters. The van der Waals surface area contributed by atoms with Crippen molar-refractivity contribution in [1.82, 2.24) is 20.4 Å². The number of rotatable bonds is 12. The number of ether oxygens (including phenoxy) is 2. The first-order valence-electron chi connectivity index (χ1n) is 13.4. The minimum absolute atomic E-state index is 0.0374. The first-order chi connectivity index (χ1) is 20.3. The molecule has 0 saturated carbocycles. The molecule has 3 aromatic carbocycles. The highest BCUT2D eigenvalue weighted by atomic mass is 35.5. The molecule has 1 aromatic heterocycles. The van der Waals surface area contributed by atoms with Gasteiger partial charge in [0.1, 0.15) is 12.5 Å². The quantitative estimate of drug-likeness (QED) is 0.0618. The second-order valence-electron chi connectivity index (χ2n) is 8.73. The summed E-state index contributed by atoms with van der Waals surface area (Å²) in [7, 11) is 3.16. The van der Waals surface area contributed by atoms with E-state index in [1.54, 1.807) is 20.3 Å². The Morgan fingerprint density at radius 1 is 1.02 bits per heavy atom. The van der Waals surface area contributed by atoms with Crippen LogP contribution >= 0.6 is 23.5 Å². The van der Waals surface area contributed by atoms with E-state index in [2.05, 4.69) is 34.5 Å². The molecule has 5 N–H and O–H groups in total. The number of nitrogens with two attached hydrogens (primary N) is 1. The Labute approximate surface area is 257 Å². The number of benzene rings is 3. The number of hydrazine groups is 1. The minimum Gasteiger partial charge on any atom is -0.497 e. The second-order valence-corrected chi connectivity index (χ2v) is 10.0. The van der Waals surface area contributed by atoms with E-state index in [-0.39, 0.29) is 6.04 Å². The Balaban J connectivity index is 0.000000403. The highest BCUT2D eigenvalue weighted by molar-refractivity contribution is 8.00. The van der Waals surface area contributed by atoms with Gasteiger partial charge in [0.25, 0.3) is 0 Å². The van der Waals surface area contributed by atoms with Crippen molar-refractivity contribution in [2.75, 3.05) is 37.5 Å². The fourth-order valence-electron chi connectivity index (χ4n) is 3.40. The van der Waals surface area contributed by atoms with Crippen LogP contribution in [0.4, 0.5) is 17.3 Å². The topological polar surface area (TPSA) is 127 Å². The summed E-state index contributed by atoms with van der Waals surface area (Å²) in [6.45, 7) is 8.68. The van der Waals surface area contributed by atoms with Gasteiger partial charge in [-0.25, -0.2) is 15.4 Å². The van der Waals surface area contributed by atoms with E-state index in [1.165, 1.54) is 22.5 Å². The van der Waals surface area contributed by atoms with Gasteiger partial charge in [0.15, 0.2) is 11.6 Å². The van der Waals surface area contributed by atoms with E-state index in [4.69, 9.17) is 36.8 Å². The number of anilines is 3. The fraction of sp³-hybridized carbons (Fsp3) is 0.300. The maximum absolute atomic E-state index is 10.3. The van der Waals surface area contributed by atoms with Gasteiger partial charge in [-0.15, -0.1) is 0 Å². The maximum atomic E-state index is 10.3. The van der Waals surface area contributed by atoms with E-state index in [0.717, 1.165) is 15.9 Å². The van der Waals surface area contributed by atoms with Crippen molar-refractivity contribution >= 4 is 58.3 Å². The number of amides is 1. The number of carbonyl (C=O) groups excluding carboxylic acids is 1. The number of nitrogens with one attached hydrogen (secondary N) is 3. The fourth-order valence-corrected chi connectivity index (χ4v) is 4.31. The number of aryl methyl sites for hydroxylation is 1. The molecule has 1 amide bonds. The van der Waals surface area contributed by atoms with Crippen molar-refractivity contribution in [2.24, 2.45) is 5.73 Å². The van der Waals surface area contributed by atoms with Crippen molar-refractivity contribution < 1.29 is 14.3 Å². The van der Waals surface area contributed by atoms with Crippen LogP contribution in [-0.4, -0.2) is 54.9 Å². The van der Waals surface area contributed by atoms with Crippen molar-refractivity contribution in [1.29, 1.82) is 0 Å². The molecule has 0 fully saturated rings. The summed E-state index contributed by atoms with van der Waals surface area (Å²) in [4.78, 5) is 20.9. The molecule has 4 aromatic rings. The Hall–Kier alpha value is -3.61. The third kappa shape index (κ3) is 11.3. The van der Waals surface area contributed by atoms with Crippen LogP contribution in [0.3, 0.4) is 0 Å². The lowest BCUT2D eigenvalue weighted by atomic mass is 10.2. The lowest BCUT2D eigenvalue weighted by Crippen LogP contribution is -2.44. The Morgan fingerprint density at radius 2 is 1.71 bits per heavy atom. The average Bonchev–Trinajstić information content (AvgIpc) is 3.00. The molecule has 0 aliphatic carbocycles. The number of carbonyl (C=O) groups is 1. The summed E-state index contributed by atoms with van der Waals surface area (Å²) in [5.74, 6) is 1.90. The van der Waals surface area contributed by atoms with Gasteiger partial charge < -0.3 is 25.2 Å². The first-order valence-corrected chi connectivity index (χ1v) is 14.6. The zero-order chi connectivity index (χ0) is 30.9. The van der Waals surface area contributed by atoms with Gasteiger partial charge in [-0.3, -0.25) is 9.80 Å². The number of nitrogens with zero attached hydrogens (tertiary/aromatic N) is 3. The third-order valence-electron chi connectivity index (χ3n) is 5.28. The molecule has 0 bridgehead atoms. The van der Waals surface area contributed by atoms with Crippen LogP contribution in [0.1, 0.15) is 26.3 Å². The molecule has 10 nitrogen and oxygen atoms in total. The van der Waals surface area contributed by atoms with Crippen LogP contribution < -0.4 is 25.9 Å². The van der Waals surface area contributed by atoms with Crippen molar-refractivity contribution in [2.45, 2.75) is 38.6 Å². The Kier molecular flexibility index (Phi) is 15.4. The molecular formula is C30H40ClN7O3S. The van der Waals surface area contributed by atoms with Gasteiger partial charge in [-0.05, 0) is 67.8 Å². The second kappa shape index (κ2) is 18.7. The molecule has 0 aliphatic heterocycles. The number of hydrogen-bond acceptors (Lipinski definition) is 10. The van der Waals surface area contributed by atoms with Crippen LogP contribution in [-0.2, 0) is 9.53 Å². The zero-order valence-corrected chi connectivity index (χ0v) is 26.4. The summed E-state index contributed by atoms with van der Waals surface area (Å²) in [6.07, 6.45) is 0.683. The van der Waals surface area contributed by atoms with E-state index in [1.807, 2.05) is 69.3 Å². The van der Waals surface area contributed by atoms with Gasteiger partial charge in [0, 0.05) is 24.1 Å². The summed E-state index contributed by atoms with van der Waals surface area (Å²) in [6, 6.07) is 21.4. The van der Waals surface area contributed by atoms with E-state index in [9.17, 15) is 4.79 Å². The third-order valence-corrected chi connectivity index (χ3v) is 6.39. The zero-order valence-electron chi connectivity index (χ0n) is 24.8. The minimum atomic E-state index is -0.0374. The first kappa shape index (κ1) is 34.6. The number of para-hydroxylation sites is 2. The van der Waals surface area contributed by atoms with Crippen LogP contribution in [0.25, 0.3) is 11.0 Å². The molecule has 0 saturated heterocycles. The lowest BCUT2D eigenvalue weighted by molar-refractivity contribution is -0.122. The highest BCUT2D eigenvalue weighted by Gasteiger charge is 2.12. The number of aromatic nitrogens is 2. The Bertz CT molecular complexity index is 1390. The number of halogens is 1. The van der Waals surface area contributed by atoms with Crippen LogP contribution in [0.2, 0.25) is 5.02 Å². The molecule has 12 heteroatoms. The van der Waals surface area contributed by atoms with E-state index in [0.29, 0.717) is 47.8 Å². The van der Waals surface area contributed by atoms with E-state index >= 15 is 0 Å². The maximum Gasteiger partial charge on any atom is 0.223 e. The van der Waals surface area contributed by atoms with Gasteiger partial charge in [0.05, 0.1) is 35.4 Å². The largest absolute Gasteiger partial charge is 0.497 e. The molecule has 4 rings (SSSR count). The van der Waals surface area contributed by atoms with E-state index < -0.39 is 0 Å². The summed E-state index contributed by atoms with van der Waals surface area (Å²) in [5, 5.41) is 5.22. The number of methoxy groups -OCH3 is 2. The number of fused-ring (bicyclic) bond motifs is 1. The smallest absolute Gasteiger partial charge is 0.223 e. The average molecular weight is 614 g/mol.